The summed E-state index contributed by atoms with van der Waals surface area (Å²) in [6, 6.07) is 17.7. The Labute approximate surface area is 191 Å². The number of aryl methyl sites for hydroxylation is 2. The molecule has 9 nitrogen and oxygen atoms in total. The molecule has 0 aliphatic carbocycles. The van der Waals surface area contributed by atoms with Gasteiger partial charge in [0.2, 0.25) is 11.9 Å². The average molecular weight is 444 g/mol. The van der Waals surface area contributed by atoms with Gasteiger partial charge in [-0.25, -0.2) is 4.79 Å². The summed E-state index contributed by atoms with van der Waals surface area (Å²) in [5.74, 6) is 0.0803. The van der Waals surface area contributed by atoms with Crippen LogP contribution in [0, 0.1) is 20.8 Å². The van der Waals surface area contributed by atoms with Crippen LogP contribution in [0.3, 0.4) is 0 Å². The van der Waals surface area contributed by atoms with E-state index in [0.717, 1.165) is 22.5 Å². The highest BCUT2D eigenvalue weighted by atomic mass is 16.5. The maximum absolute atomic E-state index is 12.8. The number of para-hydroxylation sites is 1. The minimum atomic E-state index is -0.489. The van der Waals surface area contributed by atoms with Gasteiger partial charge >= 0.3 is 5.97 Å². The fourth-order valence-corrected chi connectivity index (χ4v) is 3.50. The van der Waals surface area contributed by atoms with E-state index in [0.29, 0.717) is 17.8 Å². The fraction of sp³-hybridized carbons (Fsp3) is 0.208. The Morgan fingerprint density at radius 2 is 1.73 bits per heavy atom. The summed E-state index contributed by atoms with van der Waals surface area (Å²) in [5.41, 5.74) is 10.6. The molecule has 4 rings (SSSR count). The zero-order valence-electron chi connectivity index (χ0n) is 18.7. The SMILES string of the molecule is Cc1ccccc1Nc1nc(N)nc(COC(=O)c2c(C)nn(Cc3ccccc3)c2C)n1. The number of hydrogen-bond acceptors (Lipinski definition) is 8. The average Bonchev–Trinajstić information content (AvgIpc) is 3.07. The molecule has 0 atom stereocenters. The summed E-state index contributed by atoms with van der Waals surface area (Å²) in [7, 11) is 0. The second-order valence-electron chi connectivity index (χ2n) is 7.64. The van der Waals surface area contributed by atoms with Crippen LogP contribution >= 0.6 is 0 Å². The van der Waals surface area contributed by atoms with Crippen LogP contribution in [0.15, 0.2) is 54.6 Å². The molecule has 0 unspecified atom stereocenters. The third-order valence-corrected chi connectivity index (χ3v) is 5.18. The third-order valence-electron chi connectivity index (χ3n) is 5.18. The number of anilines is 3. The molecule has 0 saturated carbocycles. The highest BCUT2D eigenvalue weighted by molar-refractivity contribution is 5.91. The minimum absolute atomic E-state index is 0.0372. The quantitative estimate of drug-likeness (QED) is 0.415. The van der Waals surface area contributed by atoms with Crippen molar-refractivity contribution in [3.8, 4) is 0 Å². The number of esters is 1. The van der Waals surface area contributed by atoms with Gasteiger partial charge in [0.05, 0.1) is 17.9 Å². The number of nitrogens with two attached hydrogens (primary N) is 1. The van der Waals surface area contributed by atoms with Gasteiger partial charge in [0.25, 0.3) is 0 Å². The second kappa shape index (κ2) is 9.47. The molecular weight excluding hydrogens is 418 g/mol. The van der Waals surface area contributed by atoms with E-state index in [1.165, 1.54) is 0 Å². The lowest BCUT2D eigenvalue weighted by atomic mass is 10.2. The van der Waals surface area contributed by atoms with Gasteiger partial charge in [0.15, 0.2) is 12.4 Å². The van der Waals surface area contributed by atoms with E-state index in [-0.39, 0.29) is 24.3 Å². The lowest BCUT2D eigenvalue weighted by Gasteiger charge is -2.10. The molecule has 9 heteroatoms. The van der Waals surface area contributed by atoms with Crippen LogP contribution in [0.2, 0.25) is 0 Å². The summed E-state index contributed by atoms with van der Waals surface area (Å²) in [6.45, 7) is 6.04. The Bertz CT molecular complexity index is 1290. The maximum atomic E-state index is 12.8. The molecule has 0 radical (unpaired) electrons. The normalized spacial score (nSPS) is 10.8. The zero-order chi connectivity index (χ0) is 23.4. The van der Waals surface area contributed by atoms with Crippen molar-refractivity contribution in [3.63, 3.8) is 0 Å². The van der Waals surface area contributed by atoms with E-state index in [9.17, 15) is 4.79 Å². The molecule has 2 heterocycles. The first kappa shape index (κ1) is 21.9. The highest BCUT2D eigenvalue weighted by Crippen LogP contribution is 2.19. The Kier molecular flexibility index (Phi) is 6.30. The molecular formula is C24H25N7O2. The molecule has 168 valence electrons. The zero-order valence-corrected chi connectivity index (χ0v) is 18.7. The number of rotatable bonds is 7. The van der Waals surface area contributed by atoms with Gasteiger partial charge in [-0.1, -0.05) is 48.5 Å². The standard InChI is InChI=1S/C24H25N7O2/c1-15-9-7-8-12-19(15)26-24-28-20(27-23(25)29-24)14-33-22(32)21-16(2)30-31(17(21)3)13-18-10-5-4-6-11-18/h4-12H,13-14H2,1-3H3,(H3,25,26,27,28,29). The molecule has 0 spiro atoms. The second-order valence-corrected chi connectivity index (χ2v) is 7.64. The van der Waals surface area contributed by atoms with Gasteiger partial charge in [-0.15, -0.1) is 0 Å². The number of nitrogens with one attached hydrogen (secondary N) is 1. The highest BCUT2D eigenvalue weighted by Gasteiger charge is 2.21. The lowest BCUT2D eigenvalue weighted by molar-refractivity contribution is 0.0460. The molecule has 2 aromatic heterocycles. The number of nitrogen functional groups attached to an aromatic ring is 1. The van der Waals surface area contributed by atoms with E-state index in [1.54, 1.807) is 11.6 Å². The van der Waals surface area contributed by atoms with Gasteiger partial charge in [-0.3, -0.25) is 4.68 Å². The van der Waals surface area contributed by atoms with Crippen molar-refractivity contribution in [2.75, 3.05) is 11.1 Å². The summed E-state index contributed by atoms with van der Waals surface area (Å²) in [5, 5.41) is 7.63. The lowest BCUT2D eigenvalue weighted by Crippen LogP contribution is -2.12. The van der Waals surface area contributed by atoms with Gasteiger partial charge < -0.3 is 15.8 Å². The van der Waals surface area contributed by atoms with E-state index in [4.69, 9.17) is 10.5 Å². The van der Waals surface area contributed by atoms with Crippen molar-refractivity contribution in [1.82, 2.24) is 24.7 Å². The van der Waals surface area contributed by atoms with Crippen molar-refractivity contribution in [3.05, 3.63) is 88.5 Å². The van der Waals surface area contributed by atoms with Crippen molar-refractivity contribution >= 4 is 23.6 Å². The molecule has 33 heavy (non-hydrogen) atoms. The van der Waals surface area contributed by atoms with Gasteiger partial charge in [0, 0.05) is 5.69 Å². The van der Waals surface area contributed by atoms with Gasteiger partial charge in [0.1, 0.15) is 5.56 Å². The summed E-state index contributed by atoms with van der Waals surface area (Å²) >= 11 is 0. The number of hydrogen-bond donors (Lipinski definition) is 2. The Balaban J connectivity index is 1.47. The molecule has 0 saturated heterocycles. The van der Waals surface area contributed by atoms with Crippen LogP contribution < -0.4 is 11.1 Å². The summed E-state index contributed by atoms with van der Waals surface area (Å²) in [6.07, 6.45) is 0. The van der Waals surface area contributed by atoms with Crippen molar-refractivity contribution in [2.45, 2.75) is 33.9 Å². The number of aromatic nitrogens is 5. The molecule has 4 aromatic rings. The summed E-state index contributed by atoms with van der Waals surface area (Å²) in [4.78, 5) is 25.4. The van der Waals surface area contributed by atoms with Gasteiger partial charge in [-0.05, 0) is 38.0 Å². The van der Waals surface area contributed by atoms with Crippen molar-refractivity contribution in [2.24, 2.45) is 0 Å². The third kappa shape index (κ3) is 5.15. The molecule has 0 aliphatic heterocycles. The Morgan fingerprint density at radius 3 is 2.48 bits per heavy atom. The number of carbonyl (C=O) groups excluding carboxylic acids is 1. The van der Waals surface area contributed by atoms with Crippen LogP contribution in [0.4, 0.5) is 17.6 Å². The molecule has 0 amide bonds. The van der Waals surface area contributed by atoms with Crippen LogP contribution in [0.1, 0.15) is 38.7 Å². The first-order valence-electron chi connectivity index (χ1n) is 10.5. The monoisotopic (exact) mass is 443 g/mol. The number of carbonyl (C=O) groups is 1. The molecule has 0 aliphatic rings. The molecule has 0 fully saturated rings. The number of nitrogens with zero attached hydrogens (tertiary/aromatic N) is 5. The number of ether oxygens (including phenoxy) is 1. The Hall–Kier alpha value is -4.27. The Morgan fingerprint density at radius 1 is 1.00 bits per heavy atom. The molecule has 2 aromatic carbocycles. The van der Waals surface area contributed by atoms with Gasteiger partial charge in [-0.2, -0.15) is 20.1 Å². The first-order chi connectivity index (χ1) is 15.9. The van der Waals surface area contributed by atoms with Crippen LogP contribution in [-0.2, 0) is 17.9 Å². The smallest absolute Gasteiger partial charge is 0.342 e. The molecule has 3 N–H and O–H groups in total. The largest absolute Gasteiger partial charge is 0.454 e. The molecule has 0 bridgehead atoms. The van der Waals surface area contributed by atoms with E-state index in [2.05, 4.69) is 25.4 Å². The maximum Gasteiger partial charge on any atom is 0.342 e. The minimum Gasteiger partial charge on any atom is -0.454 e. The van der Waals surface area contributed by atoms with Crippen LogP contribution in [-0.4, -0.2) is 30.7 Å². The first-order valence-corrected chi connectivity index (χ1v) is 10.5. The fourth-order valence-electron chi connectivity index (χ4n) is 3.50. The van der Waals surface area contributed by atoms with Crippen molar-refractivity contribution in [1.29, 1.82) is 0 Å². The van der Waals surface area contributed by atoms with E-state index in [1.807, 2.05) is 68.4 Å². The predicted molar refractivity (Wildman–Crippen MR) is 125 cm³/mol. The van der Waals surface area contributed by atoms with Crippen LogP contribution in [0.25, 0.3) is 0 Å². The predicted octanol–water partition coefficient (Wildman–Crippen LogP) is 3.72. The van der Waals surface area contributed by atoms with Crippen LogP contribution in [0.5, 0.6) is 0 Å². The topological polar surface area (TPSA) is 121 Å². The number of benzene rings is 2. The van der Waals surface area contributed by atoms with E-state index < -0.39 is 5.97 Å². The van der Waals surface area contributed by atoms with Crippen molar-refractivity contribution < 1.29 is 9.53 Å². The van der Waals surface area contributed by atoms with E-state index >= 15 is 0 Å². The summed E-state index contributed by atoms with van der Waals surface area (Å²) < 4.78 is 7.29.